The number of nitrogens with zero attached hydrogens (tertiary/aromatic N) is 3. The molecule has 4 rings (SSSR count). The minimum absolute atomic E-state index is 0.141. The van der Waals surface area contributed by atoms with E-state index in [2.05, 4.69) is 14.9 Å². The van der Waals surface area contributed by atoms with Crippen LogP contribution in [-0.2, 0) is 6.18 Å². The van der Waals surface area contributed by atoms with Crippen molar-refractivity contribution in [3.8, 4) is 11.1 Å². The number of aliphatic hydroxyl groups excluding tert-OH is 1. The molecule has 1 aromatic heterocycles. The van der Waals surface area contributed by atoms with Crippen molar-refractivity contribution in [2.75, 3.05) is 18.0 Å². The van der Waals surface area contributed by atoms with Crippen LogP contribution in [0.1, 0.15) is 30.1 Å². The van der Waals surface area contributed by atoms with Gasteiger partial charge >= 0.3 is 6.18 Å². The average molecular weight is 413 g/mol. The smallest absolute Gasteiger partial charge is 0.388 e. The van der Waals surface area contributed by atoms with Crippen molar-refractivity contribution in [2.24, 2.45) is 5.92 Å². The Labute approximate surface area is 173 Å². The molecule has 1 atom stereocenters. The standard InChI is InChI=1S/C23H22F3N3O/c24-23(25,26)20-8-6-17(7-9-20)16-2-4-18(5-3-16)21(30)19-10-14-29(15-11-19)22-27-12-1-13-28-22/h1-9,12-13,19,21,30H,10-11,14-15H2/t21-/m1/s1. The predicted molar refractivity (Wildman–Crippen MR) is 109 cm³/mol. The molecule has 0 aliphatic carbocycles. The van der Waals surface area contributed by atoms with Gasteiger partial charge in [0.1, 0.15) is 0 Å². The molecule has 2 aromatic carbocycles. The Hall–Kier alpha value is -2.93. The van der Waals surface area contributed by atoms with Crippen molar-refractivity contribution in [3.05, 3.63) is 78.1 Å². The van der Waals surface area contributed by atoms with Crippen LogP contribution in [0.5, 0.6) is 0 Å². The molecule has 30 heavy (non-hydrogen) atoms. The van der Waals surface area contributed by atoms with Gasteiger partial charge in [0.25, 0.3) is 0 Å². The van der Waals surface area contributed by atoms with Gasteiger partial charge in [-0.25, -0.2) is 9.97 Å². The lowest BCUT2D eigenvalue weighted by atomic mass is 9.87. The molecule has 0 amide bonds. The van der Waals surface area contributed by atoms with E-state index in [9.17, 15) is 18.3 Å². The fourth-order valence-electron chi connectivity index (χ4n) is 3.87. The molecule has 1 fully saturated rings. The van der Waals surface area contributed by atoms with E-state index >= 15 is 0 Å². The van der Waals surface area contributed by atoms with Crippen LogP contribution < -0.4 is 4.90 Å². The molecule has 156 valence electrons. The molecule has 0 spiro atoms. The first-order valence-electron chi connectivity index (χ1n) is 9.89. The Morgan fingerprint density at radius 1 is 0.867 bits per heavy atom. The number of alkyl halides is 3. The van der Waals surface area contributed by atoms with E-state index in [1.54, 1.807) is 18.5 Å². The summed E-state index contributed by atoms with van der Waals surface area (Å²) >= 11 is 0. The summed E-state index contributed by atoms with van der Waals surface area (Å²) in [6.07, 6.45) is 0.197. The van der Waals surface area contributed by atoms with Gasteiger partial charge in [0.2, 0.25) is 5.95 Å². The molecule has 0 bridgehead atoms. The Bertz CT molecular complexity index is 952. The zero-order valence-corrected chi connectivity index (χ0v) is 16.3. The van der Waals surface area contributed by atoms with Crippen LogP contribution in [0, 0.1) is 5.92 Å². The van der Waals surface area contributed by atoms with Crippen LogP contribution in [0.2, 0.25) is 0 Å². The maximum Gasteiger partial charge on any atom is 0.416 e. The van der Waals surface area contributed by atoms with Gasteiger partial charge in [0.15, 0.2) is 0 Å². The lowest BCUT2D eigenvalue weighted by Gasteiger charge is -2.34. The number of aromatic nitrogens is 2. The molecule has 4 nitrogen and oxygen atoms in total. The summed E-state index contributed by atoms with van der Waals surface area (Å²) in [5.74, 6) is 0.855. The van der Waals surface area contributed by atoms with Gasteiger partial charge in [-0.3, -0.25) is 0 Å². The number of anilines is 1. The van der Waals surface area contributed by atoms with Crippen LogP contribution in [0.3, 0.4) is 0 Å². The first-order chi connectivity index (χ1) is 14.4. The van der Waals surface area contributed by atoms with E-state index in [0.717, 1.165) is 49.2 Å². The lowest BCUT2D eigenvalue weighted by Crippen LogP contribution is -2.36. The summed E-state index contributed by atoms with van der Waals surface area (Å²) in [5.41, 5.74) is 1.68. The van der Waals surface area contributed by atoms with Gasteiger partial charge in [0, 0.05) is 25.5 Å². The summed E-state index contributed by atoms with van der Waals surface area (Å²) in [7, 11) is 0. The third kappa shape index (κ3) is 4.46. The van der Waals surface area contributed by atoms with E-state index in [1.807, 2.05) is 24.3 Å². The molecule has 1 N–H and O–H groups in total. The van der Waals surface area contributed by atoms with Crippen molar-refractivity contribution in [1.29, 1.82) is 0 Å². The van der Waals surface area contributed by atoms with Crippen molar-refractivity contribution in [3.63, 3.8) is 0 Å². The highest BCUT2D eigenvalue weighted by molar-refractivity contribution is 5.64. The minimum atomic E-state index is -4.34. The molecule has 1 aliphatic heterocycles. The molecule has 3 aromatic rings. The Balaban J connectivity index is 1.39. The fourth-order valence-corrected chi connectivity index (χ4v) is 3.87. The predicted octanol–water partition coefficient (Wildman–Crippen LogP) is 5.11. The summed E-state index contributed by atoms with van der Waals surface area (Å²) < 4.78 is 38.2. The number of hydrogen-bond acceptors (Lipinski definition) is 4. The van der Waals surface area contributed by atoms with Crippen LogP contribution in [0.4, 0.5) is 19.1 Å². The molecule has 1 saturated heterocycles. The van der Waals surface area contributed by atoms with E-state index in [1.165, 1.54) is 12.1 Å². The van der Waals surface area contributed by atoms with Crippen molar-refractivity contribution < 1.29 is 18.3 Å². The molecule has 2 heterocycles. The first kappa shape index (κ1) is 20.3. The average Bonchev–Trinajstić information content (AvgIpc) is 2.79. The van der Waals surface area contributed by atoms with E-state index in [0.29, 0.717) is 11.5 Å². The Morgan fingerprint density at radius 2 is 1.40 bits per heavy atom. The Morgan fingerprint density at radius 3 is 1.93 bits per heavy atom. The highest BCUT2D eigenvalue weighted by Crippen LogP contribution is 2.34. The number of halogens is 3. The van der Waals surface area contributed by atoms with E-state index in [4.69, 9.17) is 0 Å². The lowest BCUT2D eigenvalue weighted by molar-refractivity contribution is -0.137. The molecular formula is C23H22F3N3O. The van der Waals surface area contributed by atoms with Crippen molar-refractivity contribution in [2.45, 2.75) is 25.1 Å². The van der Waals surface area contributed by atoms with Gasteiger partial charge in [-0.1, -0.05) is 36.4 Å². The monoisotopic (exact) mass is 413 g/mol. The van der Waals surface area contributed by atoms with Gasteiger partial charge < -0.3 is 10.0 Å². The third-order valence-electron chi connectivity index (χ3n) is 5.62. The quantitative estimate of drug-likeness (QED) is 0.646. The largest absolute Gasteiger partial charge is 0.416 e. The zero-order valence-electron chi connectivity index (χ0n) is 16.3. The normalized spacial score (nSPS) is 16.5. The number of benzene rings is 2. The second-order valence-electron chi connectivity index (χ2n) is 7.52. The molecule has 0 radical (unpaired) electrons. The van der Waals surface area contributed by atoms with Gasteiger partial charge in [-0.2, -0.15) is 13.2 Å². The number of hydrogen-bond donors (Lipinski definition) is 1. The van der Waals surface area contributed by atoms with E-state index < -0.39 is 17.8 Å². The summed E-state index contributed by atoms with van der Waals surface area (Å²) in [5, 5.41) is 10.8. The summed E-state index contributed by atoms with van der Waals surface area (Å²) in [4.78, 5) is 10.7. The van der Waals surface area contributed by atoms with Gasteiger partial charge in [-0.05, 0) is 53.6 Å². The summed E-state index contributed by atoms with van der Waals surface area (Å²) in [6, 6.07) is 14.3. The Kier molecular flexibility index (Phi) is 5.72. The van der Waals surface area contributed by atoms with Gasteiger partial charge in [0.05, 0.1) is 11.7 Å². The summed E-state index contributed by atoms with van der Waals surface area (Å²) in [6.45, 7) is 1.57. The number of rotatable bonds is 4. The SMILES string of the molecule is O[C@H](c1ccc(-c2ccc(C(F)(F)F)cc2)cc1)C1CCN(c2ncccn2)CC1. The highest BCUT2D eigenvalue weighted by atomic mass is 19.4. The van der Waals surface area contributed by atoms with Crippen LogP contribution in [0.25, 0.3) is 11.1 Å². The molecule has 0 saturated carbocycles. The fraction of sp³-hybridized carbons (Fsp3) is 0.304. The first-order valence-corrected chi connectivity index (χ1v) is 9.89. The molecule has 7 heteroatoms. The third-order valence-corrected chi connectivity index (χ3v) is 5.62. The van der Waals surface area contributed by atoms with Crippen LogP contribution in [0.15, 0.2) is 67.0 Å². The molecule has 0 unspecified atom stereocenters. The van der Waals surface area contributed by atoms with Crippen LogP contribution >= 0.6 is 0 Å². The zero-order chi connectivity index (χ0) is 21.1. The van der Waals surface area contributed by atoms with Crippen molar-refractivity contribution in [1.82, 2.24) is 9.97 Å². The molecular weight excluding hydrogens is 391 g/mol. The van der Waals surface area contributed by atoms with Crippen LogP contribution in [-0.4, -0.2) is 28.2 Å². The van der Waals surface area contributed by atoms with Gasteiger partial charge in [-0.15, -0.1) is 0 Å². The maximum atomic E-state index is 12.7. The minimum Gasteiger partial charge on any atom is -0.388 e. The topological polar surface area (TPSA) is 49.2 Å². The molecule has 1 aliphatic rings. The number of aliphatic hydroxyl groups is 1. The highest BCUT2D eigenvalue weighted by Gasteiger charge is 2.30. The second-order valence-corrected chi connectivity index (χ2v) is 7.52. The van der Waals surface area contributed by atoms with Crippen molar-refractivity contribution >= 4 is 5.95 Å². The maximum absolute atomic E-state index is 12.7. The second kappa shape index (κ2) is 8.44. The van der Waals surface area contributed by atoms with E-state index in [-0.39, 0.29) is 5.92 Å². The number of piperidine rings is 1.